The van der Waals surface area contributed by atoms with Crippen molar-refractivity contribution in [3.63, 3.8) is 0 Å². The molecule has 6 nitrogen and oxygen atoms in total. The molecule has 1 unspecified atom stereocenters. The summed E-state index contributed by atoms with van der Waals surface area (Å²) in [5.74, 6) is -0.296. The van der Waals surface area contributed by atoms with E-state index in [0.29, 0.717) is 29.2 Å². The fourth-order valence-corrected chi connectivity index (χ4v) is 3.95. The average molecular weight is 431 g/mol. The maximum Gasteiger partial charge on any atom is 0.130 e. The van der Waals surface area contributed by atoms with Gasteiger partial charge in [-0.2, -0.15) is 0 Å². The lowest BCUT2D eigenvalue weighted by Gasteiger charge is -2.35. The van der Waals surface area contributed by atoms with Gasteiger partial charge < -0.3 is 15.5 Å². The summed E-state index contributed by atoms with van der Waals surface area (Å²) in [6.07, 6.45) is 6.75. The van der Waals surface area contributed by atoms with E-state index in [-0.39, 0.29) is 5.82 Å². The molecule has 3 heterocycles. The van der Waals surface area contributed by atoms with E-state index in [9.17, 15) is 4.39 Å². The Morgan fingerprint density at radius 3 is 2.81 bits per heavy atom. The van der Waals surface area contributed by atoms with Crippen LogP contribution in [0.3, 0.4) is 0 Å². The van der Waals surface area contributed by atoms with Crippen LogP contribution >= 0.6 is 15.9 Å². The van der Waals surface area contributed by atoms with Gasteiger partial charge in [-0.05, 0) is 28.9 Å². The number of hydrogen-bond donors (Lipinski definition) is 2. The van der Waals surface area contributed by atoms with Crippen LogP contribution in [0.5, 0.6) is 0 Å². The summed E-state index contributed by atoms with van der Waals surface area (Å²) in [5, 5.41) is 6.79. The summed E-state index contributed by atoms with van der Waals surface area (Å²) in [4.78, 5) is 15.0. The second kappa shape index (κ2) is 7.74. The molecule has 4 rings (SSSR count). The van der Waals surface area contributed by atoms with Crippen molar-refractivity contribution in [2.45, 2.75) is 19.5 Å². The van der Waals surface area contributed by atoms with Crippen molar-refractivity contribution < 1.29 is 4.39 Å². The Morgan fingerprint density at radius 2 is 2.04 bits per heavy atom. The number of piperazine rings is 1. The van der Waals surface area contributed by atoms with E-state index in [4.69, 9.17) is 0 Å². The zero-order valence-electron chi connectivity index (χ0n) is 14.9. The largest absolute Gasteiger partial charge is 0.378 e. The van der Waals surface area contributed by atoms with Gasteiger partial charge >= 0.3 is 0 Å². The van der Waals surface area contributed by atoms with E-state index in [1.165, 1.54) is 6.07 Å². The van der Waals surface area contributed by atoms with Crippen LogP contribution in [0.2, 0.25) is 0 Å². The van der Waals surface area contributed by atoms with Crippen LogP contribution in [0.4, 0.5) is 15.8 Å². The molecule has 0 aliphatic carbocycles. The monoisotopic (exact) mass is 430 g/mol. The fraction of sp³-hybridized carbons (Fsp3) is 0.316. The Balaban J connectivity index is 1.60. The molecule has 1 fully saturated rings. The number of hydrogen-bond acceptors (Lipinski definition) is 6. The summed E-state index contributed by atoms with van der Waals surface area (Å²) >= 11 is 3.62. The molecule has 3 aromatic rings. The molecule has 0 amide bonds. The van der Waals surface area contributed by atoms with Gasteiger partial charge in [0, 0.05) is 62.4 Å². The van der Waals surface area contributed by atoms with Gasteiger partial charge in [0.1, 0.15) is 5.82 Å². The van der Waals surface area contributed by atoms with E-state index < -0.39 is 0 Å². The predicted octanol–water partition coefficient (Wildman–Crippen LogP) is 3.34. The maximum absolute atomic E-state index is 14.5. The Bertz CT molecular complexity index is 966. The molecular weight excluding hydrogens is 411 g/mol. The predicted molar refractivity (Wildman–Crippen MR) is 108 cm³/mol. The summed E-state index contributed by atoms with van der Waals surface area (Å²) < 4.78 is 15.4. The van der Waals surface area contributed by atoms with Crippen molar-refractivity contribution in [2.24, 2.45) is 0 Å². The third-order valence-corrected chi connectivity index (χ3v) is 5.24. The lowest BCUT2D eigenvalue weighted by atomic mass is 10.1. The Morgan fingerprint density at radius 1 is 1.26 bits per heavy atom. The average Bonchev–Trinajstić information content (AvgIpc) is 2.66. The van der Waals surface area contributed by atoms with E-state index in [0.717, 1.165) is 35.5 Å². The maximum atomic E-state index is 14.5. The topological polar surface area (TPSA) is 66.0 Å². The van der Waals surface area contributed by atoms with Gasteiger partial charge in [0.2, 0.25) is 0 Å². The molecular formula is C19H20BrFN6. The third kappa shape index (κ3) is 3.86. The first kappa shape index (κ1) is 18.1. The molecule has 1 aliphatic heterocycles. The first-order chi connectivity index (χ1) is 13.1. The number of aromatic nitrogens is 3. The normalized spacial score (nSPS) is 17.3. The molecule has 2 N–H and O–H groups in total. The molecule has 8 heteroatoms. The lowest BCUT2D eigenvalue weighted by Crippen LogP contribution is -2.49. The lowest BCUT2D eigenvalue weighted by molar-refractivity contribution is 0.484. The molecule has 0 spiro atoms. The zero-order chi connectivity index (χ0) is 18.8. The fourth-order valence-electron chi connectivity index (χ4n) is 3.37. The van der Waals surface area contributed by atoms with Crippen molar-refractivity contribution in [3.8, 4) is 0 Å². The molecule has 0 bridgehead atoms. The number of nitrogens with one attached hydrogen (secondary N) is 2. The zero-order valence-corrected chi connectivity index (χ0v) is 16.5. The van der Waals surface area contributed by atoms with Crippen molar-refractivity contribution >= 4 is 38.3 Å². The van der Waals surface area contributed by atoms with Gasteiger partial charge in [0.05, 0.1) is 33.1 Å². The van der Waals surface area contributed by atoms with Crippen LogP contribution in [0.25, 0.3) is 11.0 Å². The second-order valence-corrected chi connectivity index (χ2v) is 7.52. The Labute approximate surface area is 165 Å². The minimum atomic E-state index is -0.296. The van der Waals surface area contributed by atoms with E-state index >= 15 is 0 Å². The van der Waals surface area contributed by atoms with Crippen molar-refractivity contribution in [2.75, 3.05) is 29.9 Å². The third-order valence-electron chi connectivity index (χ3n) is 4.66. The number of rotatable bonds is 4. The van der Waals surface area contributed by atoms with Crippen LogP contribution in [-0.2, 0) is 6.54 Å². The van der Waals surface area contributed by atoms with Crippen LogP contribution in [-0.4, -0.2) is 40.6 Å². The van der Waals surface area contributed by atoms with E-state index in [1.54, 1.807) is 30.9 Å². The van der Waals surface area contributed by atoms with Crippen molar-refractivity contribution in [3.05, 3.63) is 52.8 Å². The van der Waals surface area contributed by atoms with Gasteiger partial charge in [-0.1, -0.05) is 0 Å². The number of anilines is 2. The summed E-state index contributed by atoms with van der Waals surface area (Å²) in [6.45, 7) is 5.23. The molecule has 0 radical (unpaired) electrons. The minimum Gasteiger partial charge on any atom is -0.378 e. The SMILES string of the molecule is CC1CN(c2c(Br)cncc2NCc2cc3nccnc3cc2F)CCN1. The first-order valence-corrected chi connectivity index (χ1v) is 9.66. The first-order valence-electron chi connectivity index (χ1n) is 8.86. The second-order valence-electron chi connectivity index (χ2n) is 6.66. The Hall–Kier alpha value is -2.32. The number of halogens is 2. The summed E-state index contributed by atoms with van der Waals surface area (Å²) in [5.41, 5.74) is 3.71. The highest BCUT2D eigenvalue weighted by Crippen LogP contribution is 2.34. The number of benzene rings is 1. The van der Waals surface area contributed by atoms with Crippen LogP contribution in [0.15, 0.2) is 41.4 Å². The smallest absolute Gasteiger partial charge is 0.130 e. The quantitative estimate of drug-likeness (QED) is 0.661. The molecule has 140 valence electrons. The van der Waals surface area contributed by atoms with Crippen molar-refractivity contribution in [1.82, 2.24) is 20.3 Å². The van der Waals surface area contributed by atoms with Crippen molar-refractivity contribution in [1.29, 1.82) is 0 Å². The molecule has 1 atom stereocenters. The summed E-state index contributed by atoms with van der Waals surface area (Å²) in [7, 11) is 0. The molecule has 1 saturated heterocycles. The molecule has 0 saturated carbocycles. The van der Waals surface area contributed by atoms with Crippen LogP contribution in [0.1, 0.15) is 12.5 Å². The van der Waals surface area contributed by atoms with Gasteiger partial charge in [0.15, 0.2) is 0 Å². The van der Waals surface area contributed by atoms with Gasteiger partial charge in [-0.25, -0.2) is 4.39 Å². The standard InChI is InChI=1S/C19H20BrFN6/c1-12-11-27(5-4-23-12)19-14(20)9-22-10-18(19)26-8-13-6-16-17(7-15(13)21)25-3-2-24-16/h2-3,6-7,9-10,12,23,26H,4-5,8,11H2,1H3. The van der Waals surface area contributed by atoms with E-state index in [1.807, 2.05) is 0 Å². The van der Waals surface area contributed by atoms with Gasteiger partial charge in [-0.15, -0.1) is 0 Å². The minimum absolute atomic E-state index is 0.296. The molecule has 1 aromatic carbocycles. The number of fused-ring (bicyclic) bond motifs is 1. The van der Waals surface area contributed by atoms with Crippen LogP contribution in [0, 0.1) is 5.82 Å². The molecule has 27 heavy (non-hydrogen) atoms. The van der Waals surface area contributed by atoms with Gasteiger partial charge in [0.25, 0.3) is 0 Å². The highest BCUT2D eigenvalue weighted by Gasteiger charge is 2.21. The van der Waals surface area contributed by atoms with Crippen LogP contribution < -0.4 is 15.5 Å². The number of nitrogens with zero attached hydrogens (tertiary/aromatic N) is 4. The molecule has 1 aliphatic rings. The van der Waals surface area contributed by atoms with Gasteiger partial charge in [-0.3, -0.25) is 15.0 Å². The Kier molecular flexibility index (Phi) is 5.18. The molecule has 2 aromatic heterocycles. The number of pyridine rings is 1. The highest BCUT2D eigenvalue weighted by molar-refractivity contribution is 9.10. The summed E-state index contributed by atoms with van der Waals surface area (Å²) in [6, 6.07) is 3.57. The highest BCUT2D eigenvalue weighted by atomic mass is 79.9. The van der Waals surface area contributed by atoms with E-state index in [2.05, 4.69) is 53.3 Å².